The Hall–Kier alpha value is -4.62. The van der Waals surface area contributed by atoms with Crippen LogP contribution in [0.5, 0.6) is 0 Å². The first-order valence-electron chi connectivity index (χ1n) is 12.7. The highest BCUT2D eigenvalue weighted by molar-refractivity contribution is 5.94. The van der Waals surface area contributed by atoms with E-state index in [1.54, 1.807) is 30.9 Å². The van der Waals surface area contributed by atoms with E-state index in [-0.39, 0.29) is 11.7 Å². The minimum atomic E-state index is -4.56. The third-order valence-electron chi connectivity index (χ3n) is 7.05. The lowest BCUT2D eigenvalue weighted by Gasteiger charge is -2.38. The molecule has 1 aliphatic rings. The van der Waals surface area contributed by atoms with Crippen LogP contribution in [-0.2, 0) is 11.0 Å². The van der Waals surface area contributed by atoms with Gasteiger partial charge in [-0.15, -0.1) is 0 Å². The number of halogens is 3. The topological polar surface area (TPSA) is 94.8 Å². The molecular weight excluding hydrogens is 517 g/mol. The van der Waals surface area contributed by atoms with Gasteiger partial charge in [0.2, 0.25) is 5.91 Å². The number of hydrogen-bond acceptors (Lipinski definition) is 6. The molecule has 2 atom stereocenters. The number of pyridine rings is 3. The second-order valence-corrected chi connectivity index (χ2v) is 9.55. The molecular formula is C30H25F3N6O. The van der Waals surface area contributed by atoms with Gasteiger partial charge in [0.15, 0.2) is 0 Å². The van der Waals surface area contributed by atoms with Gasteiger partial charge < -0.3 is 5.32 Å². The fourth-order valence-corrected chi connectivity index (χ4v) is 5.33. The molecule has 1 fully saturated rings. The number of rotatable bonds is 7. The van der Waals surface area contributed by atoms with Gasteiger partial charge in [-0.05, 0) is 72.5 Å². The molecule has 0 saturated carbocycles. The van der Waals surface area contributed by atoms with Crippen molar-refractivity contribution in [3.05, 3.63) is 119 Å². The van der Waals surface area contributed by atoms with Crippen molar-refractivity contribution in [1.82, 2.24) is 19.9 Å². The molecule has 4 heterocycles. The number of carbonyl (C=O) groups excluding carboxylic acids is 1. The van der Waals surface area contributed by atoms with Gasteiger partial charge in [-0.3, -0.25) is 19.7 Å². The number of alkyl halides is 3. The maximum atomic E-state index is 13.6. The average Bonchev–Trinajstić information content (AvgIpc) is 3.46. The second kappa shape index (κ2) is 11.6. The predicted molar refractivity (Wildman–Crippen MR) is 142 cm³/mol. The van der Waals surface area contributed by atoms with E-state index in [0.717, 1.165) is 35.0 Å². The number of aromatic nitrogens is 3. The molecule has 40 heavy (non-hydrogen) atoms. The Bertz CT molecular complexity index is 1470. The van der Waals surface area contributed by atoms with E-state index in [4.69, 9.17) is 0 Å². The minimum Gasteiger partial charge on any atom is -0.309 e. The van der Waals surface area contributed by atoms with Crippen molar-refractivity contribution < 1.29 is 18.0 Å². The van der Waals surface area contributed by atoms with E-state index in [9.17, 15) is 23.2 Å². The van der Waals surface area contributed by atoms with E-state index >= 15 is 0 Å². The molecule has 0 bridgehead atoms. The highest BCUT2D eigenvalue weighted by Crippen LogP contribution is 2.44. The Labute approximate surface area is 229 Å². The zero-order valence-electron chi connectivity index (χ0n) is 21.3. The highest BCUT2D eigenvalue weighted by Gasteiger charge is 2.41. The van der Waals surface area contributed by atoms with Crippen LogP contribution < -0.4 is 5.32 Å². The highest BCUT2D eigenvalue weighted by atomic mass is 19.4. The van der Waals surface area contributed by atoms with Crippen LogP contribution in [0, 0.1) is 11.3 Å². The van der Waals surface area contributed by atoms with Crippen molar-refractivity contribution in [1.29, 1.82) is 5.26 Å². The van der Waals surface area contributed by atoms with Gasteiger partial charge in [0.25, 0.3) is 0 Å². The first-order valence-corrected chi connectivity index (χ1v) is 12.7. The van der Waals surface area contributed by atoms with Crippen LogP contribution in [0.15, 0.2) is 91.6 Å². The predicted octanol–water partition coefficient (Wildman–Crippen LogP) is 5.74. The Kier molecular flexibility index (Phi) is 7.84. The summed E-state index contributed by atoms with van der Waals surface area (Å²) >= 11 is 0. The molecule has 10 heteroatoms. The second-order valence-electron chi connectivity index (χ2n) is 9.55. The molecule has 3 aromatic heterocycles. The molecule has 2 unspecified atom stereocenters. The smallest absolute Gasteiger partial charge is 0.309 e. The van der Waals surface area contributed by atoms with Crippen molar-refractivity contribution in [2.45, 2.75) is 37.0 Å². The van der Waals surface area contributed by atoms with Crippen LogP contribution in [0.3, 0.4) is 0 Å². The zero-order chi connectivity index (χ0) is 28.1. The molecule has 0 aliphatic carbocycles. The van der Waals surface area contributed by atoms with Crippen molar-refractivity contribution in [2.24, 2.45) is 0 Å². The molecule has 1 aromatic carbocycles. The lowest BCUT2D eigenvalue weighted by atomic mass is 9.81. The lowest BCUT2D eigenvalue weighted by Crippen LogP contribution is -2.44. The van der Waals surface area contributed by atoms with E-state index < -0.39 is 29.7 Å². The quantitative estimate of drug-likeness (QED) is 0.320. The Morgan fingerprint density at radius 3 is 2.30 bits per heavy atom. The number of anilines is 1. The number of nitrogens with one attached hydrogen (secondary N) is 1. The van der Waals surface area contributed by atoms with E-state index in [1.165, 1.54) is 0 Å². The van der Waals surface area contributed by atoms with Gasteiger partial charge in [0, 0.05) is 42.9 Å². The van der Waals surface area contributed by atoms with Gasteiger partial charge >= 0.3 is 6.18 Å². The fraction of sp³-hybridized carbons (Fsp3) is 0.233. The fourth-order valence-electron chi connectivity index (χ4n) is 5.33. The van der Waals surface area contributed by atoms with Crippen LogP contribution in [0.25, 0.3) is 0 Å². The summed E-state index contributed by atoms with van der Waals surface area (Å²) in [4.78, 5) is 28.3. The third-order valence-corrected chi connectivity index (χ3v) is 7.05. The van der Waals surface area contributed by atoms with Gasteiger partial charge in [0.1, 0.15) is 5.82 Å². The molecule has 202 valence electrons. The summed E-state index contributed by atoms with van der Waals surface area (Å²) in [5.41, 5.74) is 2.21. The summed E-state index contributed by atoms with van der Waals surface area (Å²) in [6.45, 7) is 0.562. The van der Waals surface area contributed by atoms with E-state index in [1.807, 2.05) is 42.5 Å². The molecule has 1 aliphatic heterocycles. The molecule has 0 spiro atoms. The normalized spacial score (nSPS) is 16.4. The molecule has 1 N–H and O–H groups in total. The van der Waals surface area contributed by atoms with Crippen LogP contribution >= 0.6 is 0 Å². The number of amides is 1. The van der Waals surface area contributed by atoms with Crippen LogP contribution in [0.1, 0.15) is 52.6 Å². The SMILES string of the molecule is N#Cc1cccc(C(C(c2cccnc2)c2cccnc2)N2CCCC2C(=O)Nc2cc(C(F)(F)F)ccn2)c1. The van der Waals surface area contributed by atoms with Crippen molar-refractivity contribution in [3.63, 3.8) is 0 Å². The summed E-state index contributed by atoms with van der Waals surface area (Å²) in [6.07, 6.45) is 4.60. The first-order chi connectivity index (χ1) is 19.3. The maximum absolute atomic E-state index is 13.6. The van der Waals surface area contributed by atoms with E-state index in [0.29, 0.717) is 24.9 Å². The minimum absolute atomic E-state index is 0.161. The van der Waals surface area contributed by atoms with E-state index in [2.05, 4.69) is 31.2 Å². The van der Waals surface area contributed by atoms with Crippen LogP contribution in [0.2, 0.25) is 0 Å². The zero-order valence-corrected chi connectivity index (χ0v) is 21.3. The van der Waals surface area contributed by atoms with Gasteiger partial charge in [0.05, 0.1) is 23.2 Å². The maximum Gasteiger partial charge on any atom is 0.416 e. The summed E-state index contributed by atoms with van der Waals surface area (Å²) in [6, 6.07) is 17.7. The largest absolute Gasteiger partial charge is 0.416 e. The number of hydrogen-bond donors (Lipinski definition) is 1. The summed E-state index contributed by atoms with van der Waals surface area (Å²) < 4.78 is 39.8. The summed E-state index contributed by atoms with van der Waals surface area (Å²) in [5.74, 6) is -0.913. The van der Waals surface area contributed by atoms with Gasteiger partial charge in [-0.2, -0.15) is 18.4 Å². The van der Waals surface area contributed by atoms with Crippen LogP contribution in [0.4, 0.5) is 19.0 Å². The molecule has 5 rings (SSSR count). The number of likely N-dealkylation sites (tertiary alicyclic amines) is 1. The lowest BCUT2D eigenvalue weighted by molar-refractivity contribution is -0.137. The van der Waals surface area contributed by atoms with Crippen molar-refractivity contribution >= 4 is 11.7 Å². The summed E-state index contributed by atoms with van der Waals surface area (Å²) in [5, 5.41) is 12.2. The number of nitriles is 1. The first kappa shape index (κ1) is 27.0. The molecule has 7 nitrogen and oxygen atoms in total. The molecule has 1 amide bonds. The number of nitrogens with zero attached hydrogens (tertiary/aromatic N) is 5. The van der Waals surface area contributed by atoms with Crippen molar-refractivity contribution in [3.8, 4) is 6.07 Å². The number of benzene rings is 1. The van der Waals surface area contributed by atoms with Crippen molar-refractivity contribution in [2.75, 3.05) is 11.9 Å². The Morgan fingerprint density at radius 2 is 1.68 bits per heavy atom. The number of carbonyl (C=O) groups is 1. The van der Waals surface area contributed by atoms with Gasteiger partial charge in [-0.25, -0.2) is 4.98 Å². The Balaban J connectivity index is 1.57. The molecule has 0 radical (unpaired) electrons. The Morgan fingerprint density at radius 1 is 0.975 bits per heavy atom. The van der Waals surface area contributed by atoms with Gasteiger partial charge in [-0.1, -0.05) is 24.3 Å². The monoisotopic (exact) mass is 542 g/mol. The van der Waals surface area contributed by atoms with Crippen LogP contribution in [-0.4, -0.2) is 38.3 Å². The third kappa shape index (κ3) is 5.84. The summed E-state index contributed by atoms with van der Waals surface area (Å²) in [7, 11) is 0. The molecule has 4 aromatic rings. The molecule has 1 saturated heterocycles. The average molecular weight is 543 g/mol. The standard InChI is InChI=1S/C30H25F3N6O/c31-30(32,33)24-10-13-37-26(16-24)38-29(40)25-9-4-14-39(25)28(21-6-1-5-20(15-21)17-34)27(22-7-2-11-35-18-22)23-8-3-12-36-19-23/h1-3,5-8,10-13,15-16,18-19,25,27-28H,4,9,14H2,(H,37,38,40).